The Hall–Kier alpha value is -1.10. The molecule has 1 saturated carbocycles. The first-order chi connectivity index (χ1) is 8.91. The SMILES string of the molecule is CC(C)CC(CN)C(=O)NC1(C(=O)O)CCCCC1. The Labute approximate surface area is 114 Å². The van der Waals surface area contributed by atoms with E-state index in [1.54, 1.807) is 0 Å². The summed E-state index contributed by atoms with van der Waals surface area (Å²) < 4.78 is 0. The first-order valence-corrected chi connectivity index (χ1v) is 7.17. The molecular weight excluding hydrogens is 244 g/mol. The molecule has 19 heavy (non-hydrogen) atoms. The lowest BCUT2D eigenvalue weighted by Crippen LogP contribution is -2.57. The topological polar surface area (TPSA) is 92.4 Å². The third kappa shape index (κ3) is 4.20. The lowest BCUT2D eigenvalue weighted by atomic mass is 9.81. The zero-order valence-electron chi connectivity index (χ0n) is 11.9. The minimum Gasteiger partial charge on any atom is -0.480 e. The Bertz CT molecular complexity index is 323. The molecule has 1 amide bonds. The van der Waals surface area contributed by atoms with Gasteiger partial charge in [-0.1, -0.05) is 33.1 Å². The lowest BCUT2D eigenvalue weighted by molar-refractivity contribution is -0.150. The number of carboxylic acid groups (broad SMARTS) is 1. The molecule has 0 spiro atoms. The molecule has 0 bridgehead atoms. The van der Waals surface area contributed by atoms with Crippen LogP contribution in [0.2, 0.25) is 0 Å². The van der Waals surface area contributed by atoms with Gasteiger partial charge >= 0.3 is 5.97 Å². The third-order valence-corrected chi connectivity index (χ3v) is 3.89. The second kappa shape index (κ2) is 6.89. The summed E-state index contributed by atoms with van der Waals surface area (Å²) in [7, 11) is 0. The van der Waals surface area contributed by atoms with Crippen LogP contribution in [0.25, 0.3) is 0 Å². The van der Waals surface area contributed by atoms with Crippen LogP contribution in [-0.4, -0.2) is 29.1 Å². The summed E-state index contributed by atoms with van der Waals surface area (Å²) in [5.74, 6) is -1.05. The molecule has 5 heteroatoms. The zero-order valence-corrected chi connectivity index (χ0v) is 11.9. The second-order valence-corrected chi connectivity index (χ2v) is 6.00. The van der Waals surface area contributed by atoms with Gasteiger partial charge in [0.15, 0.2) is 0 Å². The van der Waals surface area contributed by atoms with Gasteiger partial charge in [0.25, 0.3) is 0 Å². The molecule has 1 atom stereocenters. The van der Waals surface area contributed by atoms with Crippen LogP contribution >= 0.6 is 0 Å². The number of aliphatic carboxylic acids is 1. The number of carboxylic acids is 1. The van der Waals surface area contributed by atoms with E-state index in [9.17, 15) is 14.7 Å². The standard InChI is InChI=1S/C14H26N2O3/c1-10(2)8-11(9-15)12(17)16-14(13(18)19)6-4-3-5-7-14/h10-11H,3-9,15H2,1-2H3,(H,16,17)(H,18,19). The van der Waals surface area contributed by atoms with E-state index < -0.39 is 11.5 Å². The summed E-state index contributed by atoms with van der Waals surface area (Å²) in [5, 5.41) is 12.2. The molecule has 1 aliphatic rings. The van der Waals surface area contributed by atoms with E-state index in [1.165, 1.54) is 0 Å². The van der Waals surface area contributed by atoms with Gasteiger partial charge in [-0.25, -0.2) is 4.79 Å². The van der Waals surface area contributed by atoms with Crippen molar-refractivity contribution in [2.24, 2.45) is 17.6 Å². The summed E-state index contributed by atoms with van der Waals surface area (Å²) in [6.07, 6.45) is 4.48. The summed E-state index contributed by atoms with van der Waals surface area (Å²) in [6, 6.07) is 0. The predicted octanol–water partition coefficient (Wildman–Crippen LogP) is 1.51. The van der Waals surface area contributed by atoms with E-state index >= 15 is 0 Å². The van der Waals surface area contributed by atoms with E-state index in [-0.39, 0.29) is 18.4 Å². The minimum absolute atomic E-state index is 0.208. The summed E-state index contributed by atoms with van der Waals surface area (Å²) in [6.45, 7) is 4.33. The maximum Gasteiger partial charge on any atom is 0.329 e. The molecule has 5 nitrogen and oxygen atoms in total. The molecule has 0 radical (unpaired) electrons. The maximum absolute atomic E-state index is 12.2. The first kappa shape index (κ1) is 16.0. The molecule has 0 aromatic carbocycles. The number of amides is 1. The highest BCUT2D eigenvalue weighted by molar-refractivity contribution is 5.88. The normalized spacial score (nSPS) is 20.0. The molecule has 1 unspecified atom stereocenters. The Morgan fingerprint density at radius 1 is 1.26 bits per heavy atom. The summed E-state index contributed by atoms with van der Waals surface area (Å²) in [4.78, 5) is 23.7. The molecule has 0 aromatic heterocycles. The Morgan fingerprint density at radius 3 is 2.26 bits per heavy atom. The number of nitrogens with two attached hydrogens (primary N) is 1. The second-order valence-electron chi connectivity index (χ2n) is 6.00. The molecular formula is C14H26N2O3. The number of carbonyl (C=O) groups is 2. The lowest BCUT2D eigenvalue weighted by Gasteiger charge is -2.35. The fourth-order valence-corrected chi connectivity index (χ4v) is 2.76. The largest absolute Gasteiger partial charge is 0.480 e. The molecule has 0 saturated heterocycles. The van der Waals surface area contributed by atoms with Crippen molar-refractivity contribution in [1.82, 2.24) is 5.32 Å². The van der Waals surface area contributed by atoms with E-state index in [0.29, 0.717) is 25.2 Å². The molecule has 110 valence electrons. The van der Waals surface area contributed by atoms with Crippen LogP contribution in [0.1, 0.15) is 52.4 Å². The van der Waals surface area contributed by atoms with Gasteiger partial charge in [-0.3, -0.25) is 4.79 Å². The Morgan fingerprint density at radius 2 is 1.84 bits per heavy atom. The predicted molar refractivity (Wildman–Crippen MR) is 73.6 cm³/mol. The molecule has 0 heterocycles. The molecule has 0 aliphatic heterocycles. The average molecular weight is 270 g/mol. The van der Waals surface area contributed by atoms with Crippen molar-refractivity contribution in [2.75, 3.05) is 6.54 Å². The van der Waals surface area contributed by atoms with Gasteiger partial charge in [-0.05, 0) is 25.2 Å². The van der Waals surface area contributed by atoms with E-state index in [1.807, 2.05) is 13.8 Å². The van der Waals surface area contributed by atoms with Gasteiger partial charge in [0, 0.05) is 6.54 Å². The number of nitrogens with one attached hydrogen (secondary N) is 1. The average Bonchev–Trinajstić information content (AvgIpc) is 2.36. The van der Waals surface area contributed by atoms with Crippen molar-refractivity contribution in [3.05, 3.63) is 0 Å². The first-order valence-electron chi connectivity index (χ1n) is 7.17. The van der Waals surface area contributed by atoms with Crippen molar-refractivity contribution in [1.29, 1.82) is 0 Å². The van der Waals surface area contributed by atoms with Crippen LogP contribution in [0.15, 0.2) is 0 Å². The molecule has 1 rings (SSSR count). The van der Waals surface area contributed by atoms with Crippen molar-refractivity contribution < 1.29 is 14.7 Å². The number of hydrogen-bond acceptors (Lipinski definition) is 3. The summed E-state index contributed by atoms with van der Waals surface area (Å²) >= 11 is 0. The monoisotopic (exact) mass is 270 g/mol. The third-order valence-electron chi connectivity index (χ3n) is 3.89. The summed E-state index contributed by atoms with van der Waals surface area (Å²) in [5.41, 5.74) is 4.57. The van der Waals surface area contributed by atoms with Crippen molar-refractivity contribution in [3.8, 4) is 0 Å². The van der Waals surface area contributed by atoms with Gasteiger partial charge in [-0.15, -0.1) is 0 Å². The molecule has 0 aromatic rings. The van der Waals surface area contributed by atoms with Gasteiger partial charge in [-0.2, -0.15) is 0 Å². The minimum atomic E-state index is -1.07. The Kier molecular flexibility index (Phi) is 5.79. The fourth-order valence-electron chi connectivity index (χ4n) is 2.76. The maximum atomic E-state index is 12.2. The highest BCUT2D eigenvalue weighted by Crippen LogP contribution is 2.29. The van der Waals surface area contributed by atoms with Gasteiger partial charge in [0.1, 0.15) is 5.54 Å². The van der Waals surface area contributed by atoms with Crippen molar-refractivity contribution in [2.45, 2.75) is 57.9 Å². The molecule has 4 N–H and O–H groups in total. The van der Waals surface area contributed by atoms with Crippen molar-refractivity contribution >= 4 is 11.9 Å². The van der Waals surface area contributed by atoms with Gasteiger partial charge in [0.2, 0.25) is 5.91 Å². The highest BCUT2D eigenvalue weighted by Gasteiger charge is 2.41. The number of carbonyl (C=O) groups excluding carboxylic acids is 1. The smallest absolute Gasteiger partial charge is 0.329 e. The van der Waals surface area contributed by atoms with E-state index in [4.69, 9.17) is 5.73 Å². The van der Waals surface area contributed by atoms with Gasteiger partial charge < -0.3 is 16.2 Å². The highest BCUT2D eigenvalue weighted by atomic mass is 16.4. The van der Waals surface area contributed by atoms with Crippen LogP contribution in [0.5, 0.6) is 0 Å². The van der Waals surface area contributed by atoms with Crippen LogP contribution in [0, 0.1) is 11.8 Å². The number of rotatable bonds is 6. The quantitative estimate of drug-likeness (QED) is 0.682. The molecule has 1 fully saturated rings. The van der Waals surface area contributed by atoms with Crippen LogP contribution in [0.3, 0.4) is 0 Å². The molecule has 1 aliphatic carbocycles. The van der Waals surface area contributed by atoms with Crippen LogP contribution in [-0.2, 0) is 9.59 Å². The zero-order chi connectivity index (χ0) is 14.5. The van der Waals surface area contributed by atoms with Crippen LogP contribution < -0.4 is 11.1 Å². The number of hydrogen-bond donors (Lipinski definition) is 3. The van der Waals surface area contributed by atoms with E-state index in [2.05, 4.69) is 5.32 Å². The van der Waals surface area contributed by atoms with Crippen molar-refractivity contribution in [3.63, 3.8) is 0 Å². The fraction of sp³-hybridized carbons (Fsp3) is 0.857. The van der Waals surface area contributed by atoms with E-state index in [0.717, 1.165) is 19.3 Å². The Balaban J connectivity index is 2.72. The van der Waals surface area contributed by atoms with Crippen LogP contribution in [0.4, 0.5) is 0 Å². The van der Waals surface area contributed by atoms with Gasteiger partial charge in [0.05, 0.1) is 5.92 Å².